The number of aromatic hydroxyl groups is 2. The van der Waals surface area contributed by atoms with Crippen molar-refractivity contribution >= 4 is 17.7 Å². The number of amides is 1. The first-order valence-corrected chi connectivity index (χ1v) is 6.97. The summed E-state index contributed by atoms with van der Waals surface area (Å²) in [5, 5.41) is 21.2. The van der Waals surface area contributed by atoms with E-state index >= 15 is 0 Å². The van der Waals surface area contributed by atoms with Crippen molar-refractivity contribution in [3.05, 3.63) is 23.8 Å². The van der Waals surface area contributed by atoms with Crippen molar-refractivity contribution in [1.82, 2.24) is 5.32 Å². The molecule has 0 fully saturated rings. The zero-order chi connectivity index (χ0) is 13.5. The van der Waals surface area contributed by atoms with Crippen LogP contribution in [-0.2, 0) is 11.2 Å². The molecule has 0 spiro atoms. The molecule has 1 amide bonds. The number of carbonyl (C=O) groups is 1. The lowest BCUT2D eigenvalue weighted by Crippen LogP contribution is -2.42. The van der Waals surface area contributed by atoms with Crippen molar-refractivity contribution in [1.29, 1.82) is 0 Å². The molecule has 0 radical (unpaired) electrons. The lowest BCUT2D eigenvalue weighted by Gasteiger charge is -2.12. The standard InChI is InChI=1S/C12H18N2O3S/c1-18-5-4-14-12(17)9(13)6-8-2-3-10(15)11(16)7-8/h2-3,7,9,15-16H,4-6,13H2,1H3,(H,14,17)/t9-/m0/s1. The Morgan fingerprint density at radius 1 is 1.44 bits per heavy atom. The second-order valence-corrected chi connectivity index (χ2v) is 4.90. The van der Waals surface area contributed by atoms with E-state index in [2.05, 4.69) is 5.32 Å². The summed E-state index contributed by atoms with van der Waals surface area (Å²) in [4.78, 5) is 11.6. The maximum Gasteiger partial charge on any atom is 0.237 e. The predicted octanol–water partition coefficient (Wildman–Crippen LogP) is 0.447. The number of nitrogens with one attached hydrogen (secondary N) is 1. The van der Waals surface area contributed by atoms with Crippen LogP contribution in [0, 0.1) is 0 Å². The van der Waals surface area contributed by atoms with Crippen molar-refractivity contribution in [2.45, 2.75) is 12.5 Å². The molecule has 1 rings (SSSR count). The smallest absolute Gasteiger partial charge is 0.237 e. The van der Waals surface area contributed by atoms with Gasteiger partial charge in [-0.15, -0.1) is 0 Å². The molecule has 0 saturated heterocycles. The predicted molar refractivity (Wildman–Crippen MR) is 72.8 cm³/mol. The average molecular weight is 270 g/mol. The van der Waals surface area contributed by atoms with Gasteiger partial charge >= 0.3 is 0 Å². The number of hydrogen-bond acceptors (Lipinski definition) is 5. The van der Waals surface area contributed by atoms with Crippen LogP contribution in [0.1, 0.15) is 5.56 Å². The number of phenols is 2. The molecule has 18 heavy (non-hydrogen) atoms. The van der Waals surface area contributed by atoms with Crippen LogP contribution in [0.5, 0.6) is 11.5 Å². The van der Waals surface area contributed by atoms with E-state index in [0.29, 0.717) is 18.5 Å². The van der Waals surface area contributed by atoms with E-state index in [0.717, 1.165) is 5.75 Å². The summed E-state index contributed by atoms with van der Waals surface area (Å²) in [7, 11) is 0. The lowest BCUT2D eigenvalue weighted by molar-refractivity contribution is -0.122. The number of thioether (sulfide) groups is 1. The SMILES string of the molecule is CSCCNC(=O)[C@@H](N)Cc1ccc(O)c(O)c1. The first-order valence-electron chi connectivity index (χ1n) is 5.57. The van der Waals surface area contributed by atoms with Gasteiger partial charge in [0.15, 0.2) is 11.5 Å². The Morgan fingerprint density at radius 2 is 2.17 bits per heavy atom. The molecule has 0 unspecified atom stereocenters. The third-order valence-corrected chi connectivity index (χ3v) is 3.05. The number of benzene rings is 1. The van der Waals surface area contributed by atoms with Crippen molar-refractivity contribution in [2.24, 2.45) is 5.73 Å². The van der Waals surface area contributed by atoms with Gasteiger partial charge in [-0.05, 0) is 30.4 Å². The number of nitrogens with two attached hydrogens (primary N) is 1. The van der Waals surface area contributed by atoms with Gasteiger partial charge in [-0.25, -0.2) is 0 Å². The average Bonchev–Trinajstić information content (AvgIpc) is 2.34. The van der Waals surface area contributed by atoms with Gasteiger partial charge in [0, 0.05) is 12.3 Å². The molecule has 0 heterocycles. The molecule has 5 N–H and O–H groups in total. The second kappa shape index (κ2) is 7.13. The first kappa shape index (κ1) is 14.7. The molecule has 1 atom stereocenters. The number of hydrogen-bond donors (Lipinski definition) is 4. The van der Waals surface area contributed by atoms with E-state index in [-0.39, 0.29) is 17.4 Å². The van der Waals surface area contributed by atoms with Crippen LogP contribution in [-0.4, -0.2) is 40.7 Å². The molecule has 1 aromatic rings. The van der Waals surface area contributed by atoms with Gasteiger partial charge in [-0.2, -0.15) is 11.8 Å². The summed E-state index contributed by atoms with van der Waals surface area (Å²) < 4.78 is 0. The van der Waals surface area contributed by atoms with Gasteiger partial charge in [0.25, 0.3) is 0 Å². The largest absolute Gasteiger partial charge is 0.504 e. The molecule has 5 nitrogen and oxygen atoms in total. The van der Waals surface area contributed by atoms with E-state index < -0.39 is 6.04 Å². The van der Waals surface area contributed by atoms with E-state index in [4.69, 9.17) is 10.8 Å². The number of rotatable bonds is 6. The summed E-state index contributed by atoms with van der Waals surface area (Å²) >= 11 is 1.65. The zero-order valence-corrected chi connectivity index (χ0v) is 11.0. The molecule has 100 valence electrons. The Morgan fingerprint density at radius 3 is 2.78 bits per heavy atom. The summed E-state index contributed by atoms with van der Waals surface area (Å²) in [6.45, 7) is 0.592. The van der Waals surface area contributed by atoms with Crippen molar-refractivity contribution in [3.63, 3.8) is 0 Å². The summed E-state index contributed by atoms with van der Waals surface area (Å²) in [6.07, 6.45) is 2.28. The third kappa shape index (κ3) is 4.46. The van der Waals surface area contributed by atoms with Crippen LogP contribution in [0.15, 0.2) is 18.2 Å². The number of phenolic OH excluding ortho intramolecular Hbond substituents is 2. The van der Waals surface area contributed by atoms with Crippen molar-refractivity contribution < 1.29 is 15.0 Å². The van der Waals surface area contributed by atoms with E-state index in [1.165, 1.54) is 12.1 Å². The Bertz CT molecular complexity index is 412. The van der Waals surface area contributed by atoms with Crippen LogP contribution >= 0.6 is 11.8 Å². The fourth-order valence-corrected chi connectivity index (χ4v) is 1.76. The second-order valence-electron chi connectivity index (χ2n) is 3.92. The van der Waals surface area contributed by atoms with E-state index in [9.17, 15) is 9.90 Å². The fourth-order valence-electron chi connectivity index (χ4n) is 1.45. The van der Waals surface area contributed by atoms with Crippen LogP contribution in [0.25, 0.3) is 0 Å². The Kier molecular flexibility index (Phi) is 5.80. The highest BCUT2D eigenvalue weighted by Crippen LogP contribution is 2.25. The monoisotopic (exact) mass is 270 g/mol. The zero-order valence-electron chi connectivity index (χ0n) is 10.2. The van der Waals surface area contributed by atoms with Gasteiger partial charge < -0.3 is 21.3 Å². The highest BCUT2D eigenvalue weighted by Gasteiger charge is 2.14. The minimum absolute atomic E-state index is 0.184. The highest BCUT2D eigenvalue weighted by molar-refractivity contribution is 7.98. The maximum absolute atomic E-state index is 11.6. The molecule has 0 aliphatic carbocycles. The molecule has 0 saturated carbocycles. The van der Waals surface area contributed by atoms with Crippen LogP contribution in [0.3, 0.4) is 0 Å². The van der Waals surface area contributed by atoms with Crippen LogP contribution in [0.2, 0.25) is 0 Å². The molecule has 0 aliphatic rings. The minimum Gasteiger partial charge on any atom is -0.504 e. The quantitative estimate of drug-likeness (QED) is 0.444. The van der Waals surface area contributed by atoms with Gasteiger partial charge in [0.05, 0.1) is 6.04 Å². The molecule has 0 bridgehead atoms. The molecule has 6 heteroatoms. The fraction of sp³-hybridized carbons (Fsp3) is 0.417. The summed E-state index contributed by atoms with van der Waals surface area (Å²) in [6, 6.07) is 3.76. The molecular weight excluding hydrogens is 252 g/mol. The highest BCUT2D eigenvalue weighted by atomic mass is 32.2. The van der Waals surface area contributed by atoms with Crippen LogP contribution in [0.4, 0.5) is 0 Å². The minimum atomic E-state index is -0.657. The van der Waals surface area contributed by atoms with Crippen molar-refractivity contribution in [2.75, 3.05) is 18.6 Å². The van der Waals surface area contributed by atoms with Crippen molar-refractivity contribution in [3.8, 4) is 11.5 Å². The first-order chi connectivity index (χ1) is 8.54. The summed E-state index contributed by atoms with van der Waals surface area (Å²) in [5.74, 6) is 0.245. The van der Waals surface area contributed by atoms with Gasteiger partial charge in [0.2, 0.25) is 5.91 Å². The van der Waals surface area contributed by atoms with Gasteiger partial charge in [-0.1, -0.05) is 6.07 Å². The molecule has 0 aliphatic heterocycles. The number of carbonyl (C=O) groups excluding carboxylic acids is 1. The maximum atomic E-state index is 11.6. The van der Waals surface area contributed by atoms with E-state index in [1.54, 1.807) is 17.8 Å². The van der Waals surface area contributed by atoms with Gasteiger partial charge in [0.1, 0.15) is 0 Å². The molecule has 1 aromatic carbocycles. The topological polar surface area (TPSA) is 95.6 Å². The molecular formula is C12H18N2O3S. The van der Waals surface area contributed by atoms with Crippen LogP contribution < -0.4 is 11.1 Å². The Balaban J connectivity index is 2.50. The van der Waals surface area contributed by atoms with Gasteiger partial charge in [-0.3, -0.25) is 4.79 Å². The normalized spacial score (nSPS) is 12.1. The Hall–Kier alpha value is -1.40. The Labute approximate surface area is 110 Å². The lowest BCUT2D eigenvalue weighted by atomic mass is 10.1. The van der Waals surface area contributed by atoms with E-state index in [1.807, 2.05) is 6.26 Å². The summed E-state index contributed by atoms with van der Waals surface area (Å²) in [5.41, 5.74) is 6.46. The molecule has 0 aromatic heterocycles. The third-order valence-electron chi connectivity index (χ3n) is 2.44.